The third-order valence-corrected chi connectivity index (χ3v) is 4.02. The number of nitrogens with two attached hydrogens (primary N) is 1. The molecular formula is C20H16N2O3. The number of non-ortho nitro benzene ring substituents is 1. The summed E-state index contributed by atoms with van der Waals surface area (Å²) in [5.41, 5.74) is 10.1. The van der Waals surface area contributed by atoms with Gasteiger partial charge in [-0.05, 0) is 35.2 Å². The highest BCUT2D eigenvalue weighted by molar-refractivity contribution is 5.92. The molecule has 0 fully saturated rings. The zero-order valence-corrected chi connectivity index (χ0v) is 13.4. The van der Waals surface area contributed by atoms with Crippen LogP contribution in [-0.2, 0) is 6.42 Å². The Labute approximate surface area is 144 Å². The summed E-state index contributed by atoms with van der Waals surface area (Å²) < 4.78 is 0. The van der Waals surface area contributed by atoms with E-state index in [0.717, 1.165) is 11.1 Å². The maximum absolute atomic E-state index is 11.4. The van der Waals surface area contributed by atoms with Crippen LogP contribution in [0, 0.1) is 10.1 Å². The molecule has 3 aromatic carbocycles. The minimum Gasteiger partial charge on any atom is -0.398 e. The van der Waals surface area contributed by atoms with Gasteiger partial charge in [-0.25, -0.2) is 0 Å². The third-order valence-electron chi connectivity index (χ3n) is 4.02. The molecule has 0 aliphatic rings. The van der Waals surface area contributed by atoms with Gasteiger partial charge in [0.1, 0.15) is 0 Å². The molecule has 0 atom stereocenters. The van der Waals surface area contributed by atoms with Crippen LogP contribution in [0.1, 0.15) is 21.5 Å². The summed E-state index contributed by atoms with van der Waals surface area (Å²) in [6, 6.07) is 19.7. The summed E-state index contributed by atoms with van der Waals surface area (Å²) in [7, 11) is 0. The summed E-state index contributed by atoms with van der Waals surface area (Å²) in [6.45, 7) is 0. The van der Waals surface area contributed by atoms with Crippen LogP contribution < -0.4 is 5.73 Å². The third kappa shape index (κ3) is 3.55. The van der Waals surface area contributed by atoms with Gasteiger partial charge in [-0.3, -0.25) is 14.9 Å². The van der Waals surface area contributed by atoms with Crippen LogP contribution >= 0.6 is 0 Å². The Morgan fingerprint density at radius 2 is 1.72 bits per heavy atom. The van der Waals surface area contributed by atoms with E-state index in [1.807, 2.05) is 36.4 Å². The van der Waals surface area contributed by atoms with E-state index in [0.29, 0.717) is 35.1 Å². The van der Waals surface area contributed by atoms with E-state index in [1.54, 1.807) is 18.2 Å². The van der Waals surface area contributed by atoms with Crippen molar-refractivity contribution in [1.29, 1.82) is 0 Å². The van der Waals surface area contributed by atoms with Crippen molar-refractivity contribution >= 4 is 17.7 Å². The van der Waals surface area contributed by atoms with Crippen molar-refractivity contribution < 1.29 is 9.72 Å². The zero-order chi connectivity index (χ0) is 17.8. The Bertz CT molecular complexity index is 937. The normalized spacial score (nSPS) is 10.4. The molecule has 2 N–H and O–H groups in total. The number of carbonyl (C=O) groups is 1. The molecule has 0 saturated heterocycles. The van der Waals surface area contributed by atoms with Crippen LogP contribution in [0.3, 0.4) is 0 Å². The molecule has 5 heteroatoms. The summed E-state index contributed by atoms with van der Waals surface area (Å²) in [5, 5.41) is 11.0. The first kappa shape index (κ1) is 16.4. The highest BCUT2D eigenvalue weighted by Crippen LogP contribution is 2.32. The minimum absolute atomic E-state index is 0.0157. The van der Waals surface area contributed by atoms with Gasteiger partial charge in [0.2, 0.25) is 0 Å². The van der Waals surface area contributed by atoms with E-state index < -0.39 is 4.92 Å². The van der Waals surface area contributed by atoms with Crippen molar-refractivity contribution in [3.63, 3.8) is 0 Å². The minimum atomic E-state index is -0.450. The lowest BCUT2D eigenvalue weighted by molar-refractivity contribution is -0.384. The second-order valence-corrected chi connectivity index (χ2v) is 5.73. The highest BCUT2D eigenvalue weighted by Gasteiger charge is 2.13. The Morgan fingerprint density at radius 3 is 2.40 bits per heavy atom. The van der Waals surface area contributed by atoms with E-state index in [-0.39, 0.29) is 5.69 Å². The zero-order valence-electron chi connectivity index (χ0n) is 13.4. The maximum Gasteiger partial charge on any atom is 0.270 e. The van der Waals surface area contributed by atoms with Crippen molar-refractivity contribution in [3.8, 4) is 11.1 Å². The van der Waals surface area contributed by atoms with Gasteiger partial charge in [0.25, 0.3) is 5.69 Å². The van der Waals surface area contributed by atoms with Crippen LogP contribution in [0.15, 0.2) is 66.7 Å². The number of nitrogen functional groups attached to an aromatic ring is 1. The second kappa shape index (κ2) is 6.97. The summed E-state index contributed by atoms with van der Waals surface area (Å²) in [5.74, 6) is 0. The van der Waals surface area contributed by atoms with Crippen molar-refractivity contribution in [2.24, 2.45) is 0 Å². The van der Waals surface area contributed by atoms with E-state index >= 15 is 0 Å². The number of anilines is 1. The molecule has 5 nitrogen and oxygen atoms in total. The SMILES string of the molecule is Nc1c(C=O)cc(Cc2ccccc2)cc1-c1cccc([N+](=O)[O-])c1. The summed E-state index contributed by atoms with van der Waals surface area (Å²) in [6.07, 6.45) is 1.36. The van der Waals surface area contributed by atoms with Gasteiger partial charge in [0.05, 0.1) is 10.6 Å². The van der Waals surface area contributed by atoms with Crippen LogP contribution in [0.2, 0.25) is 0 Å². The molecule has 25 heavy (non-hydrogen) atoms. The van der Waals surface area contributed by atoms with Crippen LogP contribution in [0.25, 0.3) is 11.1 Å². The Balaban J connectivity index is 2.09. The molecular weight excluding hydrogens is 316 g/mol. The molecule has 0 amide bonds. The highest BCUT2D eigenvalue weighted by atomic mass is 16.6. The molecule has 0 spiro atoms. The van der Waals surface area contributed by atoms with Crippen LogP contribution in [0.4, 0.5) is 11.4 Å². The first-order valence-electron chi connectivity index (χ1n) is 7.75. The first-order chi connectivity index (χ1) is 12.1. The molecule has 3 rings (SSSR count). The summed E-state index contributed by atoms with van der Waals surface area (Å²) >= 11 is 0. The van der Waals surface area contributed by atoms with Crippen molar-refractivity contribution in [2.45, 2.75) is 6.42 Å². The van der Waals surface area contributed by atoms with Crippen LogP contribution in [-0.4, -0.2) is 11.2 Å². The number of hydrogen-bond donors (Lipinski definition) is 1. The van der Waals surface area contributed by atoms with Gasteiger partial charge < -0.3 is 5.73 Å². The average Bonchev–Trinajstić information content (AvgIpc) is 2.64. The molecule has 0 radical (unpaired) electrons. The monoisotopic (exact) mass is 332 g/mol. The first-order valence-corrected chi connectivity index (χ1v) is 7.75. The van der Waals surface area contributed by atoms with Gasteiger partial charge in [-0.2, -0.15) is 0 Å². The van der Waals surface area contributed by atoms with Crippen molar-refractivity contribution in [2.75, 3.05) is 5.73 Å². The van der Waals surface area contributed by atoms with Gasteiger partial charge in [0.15, 0.2) is 6.29 Å². The van der Waals surface area contributed by atoms with E-state index in [1.165, 1.54) is 12.1 Å². The number of nitro groups is 1. The predicted octanol–water partition coefficient (Wildman–Crippen LogP) is 4.25. The Kier molecular flexibility index (Phi) is 4.57. The fourth-order valence-electron chi connectivity index (χ4n) is 2.79. The average molecular weight is 332 g/mol. The Hall–Kier alpha value is -3.47. The van der Waals surface area contributed by atoms with E-state index in [2.05, 4.69) is 0 Å². The Morgan fingerprint density at radius 1 is 0.960 bits per heavy atom. The lowest BCUT2D eigenvalue weighted by atomic mass is 9.94. The van der Waals surface area contributed by atoms with Crippen molar-refractivity contribution in [1.82, 2.24) is 0 Å². The van der Waals surface area contributed by atoms with Gasteiger partial charge in [-0.15, -0.1) is 0 Å². The lowest BCUT2D eigenvalue weighted by Gasteiger charge is -2.12. The molecule has 0 unspecified atom stereocenters. The molecule has 124 valence electrons. The number of rotatable bonds is 5. The fourth-order valence-corrected chi connectivity index (χ4v) is 2.79. The largest absolute Gasteiger partial charge is 0.398 e. The quantitative estimate of drug-likeness (QED) is 0.327. The molecule has 0 aromatic heterocycles. The molecule has 0 saturated carbocycles. The number of nitro benzene ring substituents is 1. The van der Waals surface area contributed by atoms with Crippen molar-refractivity contribution in [3.05, 3.63) is 93.5 Å². The molecule has 0 aliphatic carbocycles. The lowest BCUT2D eigenvalue weighted by Crippen LogP contribution is -2.00. The van der Waals surface area contributed by atoms with Crippen LogP contribution in [0.5, 0.6) is 0 Å². The number of aldehydes is 1. The molecule has 0 bridgehead atoms. The smallest absolute Gasteiger partial charge is 0.270 e. The second-order valence-electron chi connectivity index (χ2n) is 5.73. The maximum atomic E-state index is 11.4. The van der Waals surface area contributed by atoms with E-state index in [9.17, 15) is 14.9 Å². The number of carbonyl (C=O) groups excluding carboxylic acids is 1. The fraction of sp³-hybridized carbons (Fsp3) is 0.0500. The molecule has 0 aliphatic heterocycles. The van der Waals surface area contributed by atoms with Gasteiger partial charge >= 0.3 is 0 Å². The van der Waals surface area contributed by atoms with Gasteiger partial charge in [-0.1, -0.05) is 42.5 Å². The standard InChI is InChI=1S/C20H16N2O3/c21-20-17(13-23)10-15(9-14-5-2-1-3-6-14)11-19(20)16-7-4-8-18(12-16)22(24)25/h1-8,10-13H,9,21H2. The number of hydrogen-bond acceptors (Lipinski definition) is 4. The molecule has 0 heterocycles. The molecule has 3 aromatic rings. The van der Waals surface area contributed by atoms with E-state index in [4.69, 9.17) is 5.73 Å². The summed E-state index contributed by atoms with van der Waals surface area (Å²) in [4.78, 5) is 22.0. The topological polar surface area (TPSA) is 86.2 Å². The number of benzene rings is 3. The predicted molar refractivity (Wildman–Crippen MR) is 97.6 cm³/mol. The van der Waals surface area contributed by atoms with Gasteiger partial charge in [0, 0.05) is 23.3 Å². The number of nitrogens with zero attached hydrogens (tertiary/aromatic N) is 1.